The Hall–Kier alpha value is -2.58. The first-order valence-corrected chi connectivity index (χ1v) is 7.75. The topological polar surface area (TPSA) is 149 Å². The number of anilines is 1. The number of nitrogens with one attached hydrogen (secondary N) is 1. The molecule has 0 radical (unpaired) electrons. The molecule has 1 aromatic carbocycles. The smallest absolute Gasteiger partial charge is 0.198 e. The van der Waals surface area contributed by atoms with E-state index >= 15 is 0 Å². The standard InChI is InChI=1S/C16H24N6O2/c1-2-11(20-15(17)18)13-14(22-16(19)21-13)12(23)9-24-8-10-6-4-3-5-7-10/h3-7,11-12,23H,2,8-9H2,1H3,(H4,17,18,20)(H3,19,21,22). The van der Waals surface area contributed by atoms with E-state index in [0.717, 1.165) is 5.56 Å². The highest BCUT2D eigenvalue weighted by Crippen LogP contribution is 2.27. The van der Waals surface area contributed by atoms with Crippen molar-refractivity contribution in [2.45, 2.75) is 32.1 Å². The minimum absolute atomic E-state index is 0.0317. The third-order valence-corrected chi connectivity index (χ3v) is 3.51. The molecule has 2 rings (SSSR count). The van der Waals surface area contributed by atoms with Gasteiger partial charge in [0, 0.05) is 0 Å². The van der Waals surface area contributed by atoms with Crippen LogP contribution < -0.4 is 17.2 Å². The molecular formula is C16H24N6O2. The molecule has 0 bridgehead atoms. The number of nitrogens with zero attached hydrogens (tertiary/aromatic N) is 2. The predicted molar refractivity (Wildman–Crippen MR) is 92.9 cm³/mol. The lowest BCUT2D eigenvalue weighted by atomic mass is 10.1. The van der Waals surface area contributed by atoms with Gasteiger partial charge in [-0.05, 0) is 12.0 Å². The van der Waals surface area contributed by atoms with Gasteiger partial charge in [-0.15, -0.1) is 0 Å². The van der Waals surface area contributed by atoms with Crippen molar-refractivity contribution in [3.05, 3.63) is 47.3 Å². The summed E-state index contributed by atoms with van der Waals surface area (Å²) in [5.41, 5.74) is 18.7. The summed E-state index contributed by atoms with van der Waals surface area (Å²) in [5.74, 6) is 0.169. The van der Waals surface area contributed by atoms with Gasteiger partial charge in [-0.2, -0.15) is 0 Å². The zero-order valence-electron chi connectivity index (χ0n) is 13.6. The summed E-state index contributed by atoms with van der Waals surface area (Å²) in [4.78, 5) is 11.2. The molecule has 8 N–H and O–H groups in total. The van der Waals surface area contributed by atoms with Gasteiger partial charge < -0.3 is 32.0 Å². The third-order valence-electron chi connectivity index (χ3n) is 3.51. The van der Waals surface area contributed by atoms with Crippen molar-refractivity contribution in [2.75, 3.05) is 12.3 Å². The number of aliphatic hydroxyl groups excluding tert-OH is 1. The van der Waals surface area contributed by atoms with Crippen LogP contribution >= 0.6 is 0 Å². The number of hydrogen-bond donors (Lipinski definition) is 5. The molecule has 0 fully saturated rings. The Kier molecular flexibility index (Phi) is 6.16. The minimum atomic E-state index is -0.930. The van der Waals surface area contributed by atoms with Crippen LogP contribution in [0, 0.1) is 0 Å². The fourth-order valence-electron chi connectivity index (χ4n) is 2.41. The second-order valence-corrected chi connectivity index (χ2v) is 5.42. The first kappa shape index (κ1) is 17.8. The minimum Gasteiger partial charge on any atom is -0.384 e. The van der Waals surface area contributed by atoms with Crippen LogP contribution in [0.15, 0.2) is 35.3 Å². The zero-order chi connectivity index (χ0) is 17.5. The SMILES string of the molecule is CCC(N=C(N)N)c1[nH]c(N)nc1C(O)COCc1ccccc1. The fourth-order valence-corrected chi connectivity index (χ4v) is 2.41. The van der Waals surface area contributed by atoms with E-state index in [9.17, 15) is 5.11 Å². The number of nitrogen functional groups attached to an aromatic ring is 1. The highest BCUT2D eigenvalue weighted by atomic mass is 16.5. The van der Waals surface area contributed by atoms with Gasteiger partial charge in [0.1, 0.15) is 6.10 Å². The first-order chi connectivity index (χ1) is 11.5. The van der Waals surface area contributed by atoms with Crippen LogP contribution in [0.4, 0.5) is 5.95 Å². The molecule has 0 spiro atoms. The molecule has 2 atom stereocenters. The molecule has 0 aliphatic heterocycles. The number of imidazole rings is 1. The molecule has 1 aromatic heterocycles. The van der Waals surface area contributed by atoms with Gasteiger partial charge in [0.05, 0.1) is 30.6 Å². The van der Waals surface area contributed by atoms with E-state index in [2.05, 4.69) is 15.0 Å². The number of ether oxygens (including phenoxy) is 1. The highest BCUT2D eigenvalue weighted by molar-refractivity contribution is 5.76. The number of guanidine groups is 1. The Morgan fingerprint density at radius 1 is 1.33 bits per heavy atom. The summed E-state index contributed by atoms with van der Waals surface area (Å²) < 4.78 is 5.56. The highest BCUT2D eigenvalue weighted by Gasteiger charge is 2.23. The van der Waals surface area contributed by atoms with Crippen molar-refractivity contribution in [3.8, 4) is 0 Å². The molecule has 2 unspecified atom stereocenters. The fraction of sp³-hybridized carbons (Fsp3) is 0.375. The van der Waals surface area contributed by atoms with Gasteiger partial charge in [0.25, 0.3) is 0 Å². The number of hydrogen-bond acceptors (Lipinski definition) is 5. The summed E-state index contributed by atoms with van der Waals surface area (Å²) in [6.45, 7) is 2.42. The second-order valence-electron chi connectivity index (χ2n) is 5.42. The average Bonchev–Trinajstić information content (AvgIpc) is 2.95. The number of benzene rings is 1. The Labute approximate surface area is 140 Å². The number of H-pyrrole nitrogens is 1. The van der Waals surface area contributed by atoms with Gasteiger partial charge in [-0.25, -0.2) is 9.98 Å². The first-order valence-electron chi connectivity index (χ1n) is 7.75. The van der Waals surface area contributed by atoms with E-state index in [1.54, 1.807) is 0 Å². The van der Waals surface area contributed by atoms with Crippen molar-refractivity contribution in [2.24, 2.45) is 16.5 Å². The summed E-state index contributed by atoms with van der Waals surface area (Å²) >= 11 is 0. The quantitative estimate of drug-likeness (QED) is 0.359. The Balaban J connectivity index is 2.06. The monoisotopic (exact) mass is 332 g/mol. The van der Waals surface area contributed by atoms with Gasteiger partial charge >= 0.3 is 0 Å². The summed E-state index contributed by atoms with van der Waals surface area (Å²) in [7, 11) is 0. The van der Waals surface area contributed by atoms with Crippen molar-refractivity contribution >= 4 is 11.9 Å². The second kappa shape index (κ2) is 8.32. The molecular weight excluding hydrogens is 308 g/mol. The number of aromatic nitrogens is 2. The van der Waals surface area contributed by atoms with E-state index in [1.807, 2.05) is 37.3 Å². The Morgan fingerprint density at radius 3 is 2.67 bits per heavy atom. The number of aliphatic hydroxyl groups is 1. The van der Waals surface area contributed by atoms with Crippen molar-refractivity contribution in [1.82, 2.24) is 9.97 Å². The van der Waals surface area contributed by atoms with Gasteiger partial charge in [0.15, 0.2) is 11.9 Å². The largest absolute Gasteiger partial charge is 0.384 e. The summed E-state index contributed by atoms with van der Waals surface area (Å²) in [5, 5.41) is 10.4. The Bertz CT molecular complexity index is 666. The van der Waals surface area contributed by atoms with Crippen LogP contribution in [0.3, 0.4) is 0 Å². The molecule has 1 heterocycles. The lowest BCUT2D eigenvalue weighted by Gasteiger charge is -2.15. The summed E-state index contributed by atoms with van der Waals surface area (Å²) in [6.07, 6.45) is -0.301. The number of rotatable bonds is 8. The molecule has 0 aliphatic rings. The lowest BCUT2D eigenvalue weighted by Crippen LogP contribution is -2.24. The van der Waals surface area contributed by atoms with Gasteiger partial charge in [-0.1, -0.05) is 37.3 Å². The molecule has 0 saturated carbocycles. The van der Waals surface area contributed by atoms with E-state index in [-0.39, 0.29) is 24.6 Å². The van der Waals surface area contributed by atoms with Crippen LogP contribution in [0.25, 0.3) is 0 Å². The van der Waals surface area contributed by atoms with E-state index in [0.29, 0.717) is 24.4 Å². The van der Waals surface area contributed by atoms with Crippen LogP contribution in [0.5, 0.6) is 0 Å². The van der Waals surface area contributed by atoms with Crippen LogP contribution in [-0.2, 0) is 11.3 Å². The molecule has 24 heavy (non-hydrogen) atoms. The molecule has 0 aliphatic carbocycles. The maximum absolute atomic E-state index is 10.4. The van der Waals surface area contributed by atoms with Gasteiger partial charge in [0.2, 0.25) is 0 Å². The summed E-state index contributed by atoms with van der Waals surface area (Å²) in [6, 6.07) is 9.36. The molecule has 8 heteroatoms. The van der Waals surface area contributed by atoms with Crippen LogP contribution in [0.1, 0.15) is 42.4 Å². The van der Waals surface area contributed by atoms with Crippen molar-refractivity contribution in [1.29, 1.82) is 0 Å². The molecule has 0 saturated heterocycles. The Morgan fingerprint density at radius 2 is 2.04 bits per heavy atom. The number of nitrogens with two attached hydrogens (primary N) is 3. The molecule has 8 nitrogen and oxygen atoms in total. The lowest BCUT2D eigenvalue weighted by molar-refractivity contribution is 0.0253. The maximum atomic E-state index is 10.4. The normalized spacial score (nSPS) is 13.4. The molecule has 130 valence electrons. The van der Waals surface area contributed by atoms with Gasteiger partial charge in [-0.3, -0.25) is 0 Å². The maximum Gasteiger partial charge on any atom is 0.198 e. The van der Waals surface area contributed by atoms with Crippen LogP contribution in [0.2, 0.25) is 0 Å². The van der Waals surface area contributed by atoms with E-state index in [4.69, 9.17) is 21.9 Å². The number of aromatic amines is 1. The van der Waals surface area contributed by atoms with Crippen molar-refractivity contribution in [3.63, 3.8) is 0 Å². The van der Waals surface area contributed by atoms with E-state index < -0.39 is 6.10 Å². The van der Waals surface area contributed by atoms with E-state index in [1.165, 1.54) is 0 Å². The molecule has 2 aromatic rings. The molecule has 0 amide bonds. The predicted octanol–water partition coefficient (Wildman–Crippen LogP) is 0.967. The van der Waals surface area contributed by atoms with Crippen molar-refractivity contribution < 1.29 is 9.84 Å². The number of aliphatic imine (C=N–C) groups is 1. The zero-order valence-corrected chi connectivity index (χ0v) is 13.6. The van der Waals surface area contributed by atoms with Crippen LogP contribution in [-0.4, -0.2) is 27.6 Å². The average molecular weight is 332 g/mol. The third kappa shape index (κ3) is 4.71.